The molecule has 0 bridgehead atoms. The number of hydrogen-bond acceptors (Lipinski definition) is 2. The maximum absolute atomic E-state index is 15.4. The zero-order valence-corrected chi connectivity index (χ0v) is 31.8. The van der Waals surface area contributed by atoms with E-state index in [4.69, 9.17) is 11.6 Å². The summed E-state index contributed by atoms with van der Waals surface area (Å²) < 4.78 is 297. The van der Waals surface area contributed by atoms with Gasteiger partial charge in [-0.1, -0.05) is 35.1 Å². The topological polar surface area (TPSA) is 20.9 Å². The summed E-state index contributed by atoms with van der Waals surface area (Å²) >= 11 is 7.47. The van der Waals surface area contributed by atoms with E-state index in [1.165, 1.54) is 4.70 Å². The number of carbonyl (C=O) groups is 1. The Morgan fingerprint density at radius 2 is 0.703 bits per heavy atom. The molecule has 7 aromatic rings. The summed E-state index contributed by atoms with van der Waals surface area (Å²) in [5.74, 6) is -71.3. The molecule has 7 rings (SSSR count). The molecule has 0 saturated carbocycles. The summed E-state index contributed by atoms with van der Waals surface area (Å²) in [6.45, 7) is 0.353. The number of hydrogen-bond donors (Lipinski definition) is 0. The summed E-state index contributed by atoms with van der Waals surface area (Å²) in [5, 5.41) is 0.644. The SMILES string of the molecule is Fc1c(F)c(F)c([B-](c2c(F)c(F)c(F)c(F)c2F)(c2c(F)c(F)c(F)c(F)c2F)c2c(F)c(F)c(F)c(F)c2F)c(F)c1F.O=C(C[n+]1csc2ccccc21)c1ccc(Cl)cc1. The van der Waals surface area contributed by atoms with Crippen molar-refractivity contribution in [3.63, 3.8) is 0 Å². The van der Waals surface area contributed by atoms with Crippen molar-refractivity contribution in [2.24, 2.45) is 0 Å². The summed E-state index contributed by atoms with van der Waals surface area (Å²) in [6, 6.07) is 15.1. The Morgan fingerprint density at radius 3 is 1.02 bits per heavy atom. The monoisotopic (exact) mass is 967 g/mol. The maximum atomic E-state index is 15.4. The highest BCUT2D eigenvalue weighted by Crippen LogP contribution is 2.31. The number of para-hydroxylation sites is 1. The average molecular weight is 968 g/mol. The first-order chi connectivity index (χ1) is 29.9. The molecule has 0 N–H and O–H groups in total. The van der Waals surface area contributed by atoms with E-state index < -0.39 is 144 Å². The first-order valence-electron chi connectivity index (χ1n) is 16.8. The molecule has 0 spiro atoms. The molecule has 0 unspecified atom stereocenters. The quantitative estimate of drug-likeness (QED) is 0.0390. The Balaban J connectivity index is 0.000000295. The summed E-state index contributed by atoms with van der Waals surface area (Å²) in [4.78, 5) is 12.2. The zero-order valence-electron chi connectivity index (χ0n) is 30.2. The van der Waals surface area contributed by atoms with E-state index in [-0.39, 0.29) is 5.78 Å². The Morgan fingerprint density at radius 1 is 0.422 bits per heavy atom. The number of carbonyl (C=O) groups excluding carboxylic acids is 1. The molecule has 64 heavy (non-hydrogen) atoms. The van der Waals surface area contributed by atoms with Gasteiger partial charge in [-0.3, -0.25) is 4.79 Å². The van der Waals surface area contributed by atoms with Crippen LogP contribution in [-0.4, -0.2) is 11.9 Å². The highest BCUT2D eigenvalue weighted by Gasteiger charge is 2.52. The van der Waals surface area contributed by atoms with Gasteiger partial charge in [-0.25, -0.2) is 87.8 Å². The predicted molar refractivity (Wildman–Crippen MR) is 187 cm³/mol. The zero-order chi connectivity index (χ0) is 47.6. The van der Waals surface area contributed by atoms with Crippen molar-refractivity contribution in [1.82, 2.24) is 0 Å². The molecule has 0 atom stereocenters. The van der Waals surface area contributed by atoms with Gasteiger partial charge in [0.1, 0.15) is 57.4 Å². The molecule has 1 heterocycles. The number of ketones is 1. The van der Waals surface area contributed by atoms with Gasteiger partial charge in [-0.05, 0) is 30.3 Å². The largest absolute Gasteiger partial charge is 0.287 e. The van der Waals surface area contributed by atoms with E-state index in [0.717, 1.165) is 5.52 Å². The van der Waals surface area contributed by atoms with Gasteiger partial charge in [0.25, 0.3) is 0 Å². The van der Waals surface area contributed by atoms with Crippen molar-refractivity contribution in [2.45, 2.75) is 6.54 Å². The molecule has 0 amide bonds. The van der Waals surface area contributed by atoms with Crippen LogP contribution in [0.3, 0.4) is 0 Å². The number of Topliss-reactive ketones (excluding diaryl/α,β-unsaturated/α-hetero) is 1. The molecule has 6 aromatic carbocycles. The van der Waals surface area contributed by atoms with Gasteiger partial charge in [0, 0.05) is 16.7 Å². The standard InChI is InChI=1S/C24BF20.C15H11ClNOS/c26-5-1(6(27)14(35)21(42)13(5)34)25(2-7(28)15(36)22(43)16(37)8(2)29,3-9(30)17(38)23(44)18(39)10(3)31)4-11(32)19(40)24(45)20(41)12(4)33;16-12-7-5-11(6-8-12)14(18)9-17-10-19-15-4-2-1-3-13(15)17/h;1-8,10H,9H2/q-1;+1. The Hall–Kier alpha value is -6.17. The van der Waals surface area contributed by atoms with E-state index in [0.29, 0.717) is 17.1 Å². The molecule has 1 aromatic heterocycles. The molecule has 2 nitrogen and oxygen atoms in total. The number of thiazole rings is 1. The first-order valence-corrected chi connectivity index (χ1v) is 18.1. The van der Waals surface area contributed by atoms with Gasteiger partial charge >= 0.3 is 0 Å². The summed E-state index contributed by atoms with van der Waals surface area (Å²) in [6.07, 6.45) is -7.22. The lowest BCUT2D eigenvalue weighted by Gasteiger charge is -2.44. The van der Waals surface area contributed by atoms with Crippen LogP contribution in [-0.2, 0) is 6.54 Å². The van der Waals surface area contributed by atoms with Crippen LogP contribution < -0.4 is 26.4 Å². The minimum absolute atomic E-state index is 0.0882. The van der Waals surface area contributed by atoms with E-state index in [9.17, 15) is 57.5 Å². The van der Waals surface area contributed by atoms with Crippen molar-refractivity contribution < 1.29 is 97.2 Å². The van der Waals surface area contributed by atoms with Gasteiger partial charge in [0.2, 0.25) is 23.4 Å². The van der Waals surface area contributed by atoms with E-state index >= 15 is 35.1 Å². The fourth-order valence-electron chi connectivity index (χ4n) is 6.85. The van der Waals surface area contributed by atoms with Crippen LogP contribution >= 0.6 is 22.9 Å². The fraction of sp³-hybridized carbons (Fsp3) is 0.0256. The second-order valence-corrected chi connectivity index (χ2v) is 14.4. The molecular weight excluding hydrogens is 957 g/mol. The fourth-order valence-corrected chi connectivity index (χ4v) is 7.87. The van der Waals surface area contributed by atoms with Crippen LogP contribution in [0.25, 0.3) is 10.2 Å². The lowest BCUT2D eigenvalue weighted by molar-refractivity contribution is -0.652. The summed E-state index contributed by atoms with van der Waals surface area (Å²) in [5.41, 5.74) is -10.6. The smallest absolute Gasteiger partial charge is 0.227 e. The summed E-state index contributed by atoms with van der Waals surface area (Å²) in [7, 11) is 0. The third-order valence-corrected chi connectivity index (χ3v) is 10.9. The second-order valence-electron chi connectivity index (χ2n) is 13.0. The van der Waals surface area contributed by atoms with Gasteiger partial charge < -0.3 is 0 Å². The van der Waals surface area contributed by atoms with Gasteiger partial charge in [0.05, 0.1) is 0 Å². The lowest BCUT2D eigenvalue weighted by Crippen LogP contribution is -2.81. The van der Waals surface area contributed by atoms with Crippen molar-refractivity contribution in [1.29, 1.82) is 0 Å². The highest BCUT2D eigenvalue weighted by atomic mass is 35.5. The Bertz CT molecular complexity index is 2690. The number of nitrogens with zero attached hydrogens (tertiary/aromatic N) is 1. The first kappa shape index (κ1) is 47.3. The minimum Gasteiger partial charge on any atom is -0.287 e. The Kier molecular flexibility index (Phi) is 12.9. The number of aromatic nitrogens is 1. The highest BCUT2D eigenvalue weighted by molar-refractivity contribution is 7.20. The van der Waals surface area contributed by atoms with Gasteiger partial charge in [-0.15, -0.1) is 21.9 Å². The molecule has 0 aliphatic carbocycles. The normalized spacial score (nSPS) is 11.6. The lowest BCUT2D eigenvalue weighted by atomic mass is 9.12. The third kappa shape index (κ3) is 7.28. The van der Waals surface area contributed by atoms with Crippen LogP contribution in [0.1, 0.15) is 10.4 Å². The molecule has 0 aliphatic heterocycles. The molecule has 0 radical (unpaired) electrons. The number of halogens is 21. The van der Waals surface area contributed by atoms with Crippen LogP contribution in [0.15, 0.2) is 54.0 Å². The predicted octanol–water partition coefficient (Wildman–Crippen LogP) is 9.57. The third-order valence-electron chi connectivity index (χ3n) is 9.67. The number of fused-ring (bicyclic) bond motifs is 1. The van der Waals surface area contributed by atoms with E-state index in [2.05, 4.69) is 6.07 Å². The number of benzene rings is 6. The van der Waals surface area contributed by atoms with Gasteiger partial charge in [0.15, 0.2) is 69.8 Å². The molecule has 25 heteroatoms. The minimum atomic E-state index is -7.22. The van der Waals surface area contributed by atoms with E-state index in [1.807, 2.05) is 28.3 Å². The molecule has 0 fully saturated rings. The molecule has 334 valence electrons. The second kappa shape index (κ2) is 17.4. The van der Waals surface area contributed by atoms with Crippen LogP contribution in [0, 0.1) is 116 Å². The average Bonchev–Trinajstić information content (AvgIpc) is 3.68. The van der Waals surface area contributed by atoms with Crippen LogP contribution in [0.4, 0.5) is 87.8 Å². The van der Waals surface area contributed by atoms with Crippen molar-refractivity contribution in [3.05, 3.63) is 181 Å². The molecule has 0 saturated heterocycles. The van der Waals surface area contributed by atoms with Gasteiger partial charge in [-0.2, -0.15) is 4.57 Å². The van der Waals surface area contributed by atoms with Crippen molar-refractivity contribution in [3.8, 4) is 0 Å². The van der Waals surface area contributed by atoms with Crippen molar-refractivity contribution >= 4 is 66.9 Å². The van der Waals surface area contributed by atoms with Crippen LogP contribution in [0.2, 0.25) is 5.02 Å². The molecule has 0 aliphatic rings. The molecular formula is C39H11BClF20NOS. The maximum Gasteiger partial charge on any atom is 0.227 e. The Labute approximate surface area is 351 Å². The van der Waals surface area contributed by atoms with E-state index in [1.54, 1.807) is 35.6 Å². The van der Waals surface area contributed by atoms with Crippen molar-refractivity contribution in [2.75, 3.05) is 0 Å². The van der Waals surface area contributed by atoms with Crippen LogP contribution in [0.5, 0.6) is 0 Å². The number of rotatable bonds is 7.